The van der Waals surface area contributed by atoms with Gasteiger partial charge in [0.25, 0.3) is 0 Å². The van der Waals surface area contributed by atoms with Crippen LogP contribution in [-0.4, -0.2) is 0 Å². The number of rotatable bonds is 10. The molecule has 0 spiro atoms. The van der Waals surface area contributed by atoms with E-state index in [1.165, 1.54) is 33.4 Å². The zero-order valence-corrected chi connectivity index (χ0v) is 47.0. The SMILES string of the molecule is c1ccc(N(c2ccccc2)c2cc3c4c(c2)N(c2ccccc2)c2cc5c(cc2C4c2ccccc2N3c2ccccc2)C2c3ccccc3N(c3ccccc3)c3cc(N(c4ccccc4)c4ccccc4)cc(c32)N5c2ccccc2)cc1. The maximum Gasteiger partial charge on any atom is 0.0545 e. The van der Waals surface area contributed by atoms with Crippen molar-refractivity contribution < 1.29 is 0 Å². The number of hydrogen-bond donors (Lipinski definition) is 0. The third-order valence-corrected chi connectivity index (χ3v) is 17.7. The lowest BCUT2D eigenvalue weighted by Crippen LogP contribution is -2.32. The smallest absolute Gasteiger partial charge is 0.0545 e. The fraction of sp³-hybridized carbons (Fsp3) is 0.0250. The fourth-order valence-electron chi connectivity index (χ4n) is 14.2. The highest BCUT2D eigenvalue weighted by molar-refractivity contribution is 6.04. The lowest BCUT2D eigenvalue weighted by Gasteiger charge is -2.48. The lowest BCUT2D eigenvalue weighted by atomic mass is 9.71. The molecule has 6 nitrogen and oxygen atoms in total. The second-order valence-corrected chi connectivity index (χ2v) is 22.4. The summed E-state index contributed by atoms with van der Waals surface area (Å²) in [6.07, 6.45) is 0. The predicted molar refractivity (Wildman–Crippen MR) is 356 cm³/mol. The minimum absolute atomic E-state index is 0.147. The lowest BCUT2D eigenvalue weighted by molar-refractivity contribution is 0.875. The Morgan fingerprint density at radius 1 is 0.186 bits per heavy atom. The van der Waals surface area contributed by atoms with Gasteiger partial charge in [0.1, 0.15) is 0 Å². The van der Waals surface area contributed by atoms with Gasteiger partial charge in [-0.1, -0.05) is 182 Å². The van der Waals surface area contributed by atoms with Crippen LogP contribution in [-0.2, 0) is 0 Å². The molecule has 0 aromatic heterocycles. The Balaban J connectivity index is 0.995. The second kappa shape index (κ2) is 20.2. The Kier molecular flexibility index (Phi) is 11.6. The van der Waals surface area contributed by atoms with Gasteiger partial charge in [0.05, 0.1) is 56.9 Å². The molecule has 0 aliphatic carbocycles. The maximum atomic E-state index is 2.62. The molecule has 0 saturated carbocycles. The Morgan fingerprint density at radius 3 is 0.721 bits per heavy atom. The molecule has 0 bridgehead atoms. The molecule has 0 amide bonds. The van der Waals surface area contributed by atoms with Crippen molar-refractivity contribution in [3.05, 3.63) is 361 Å². The number of benzene rings is 13. The molecule has 4 heterocycles. The topological polar surface area (TPSA) is 19.4 Å². The normalized spacial score (nSPS) is 14.7. The zero-order chi connectivity index (χ0) is 56.7. The van der Waals surface area contributed by atoms with E-state index in [2.05, 4.69) is 357 Å². The third kappa shape index (κ3) is 7.80. The second-order valence-electron chi connectivity index (χ2n) is 22.4. The van der Waals surface area contributed by atoms with Crippen molar-refractivity contribution >= 4 is 102 Å². The summed E-state index contributed by atoms with van der Waals surface area (Å²) < 4.78 is 0. The van der Waals surface area contributed by atoms with E-state index in [0.717, 1.165) is 102 Å². The number of para-hydroxylation sites is 10. The Hall–Kier alpha value is -11.3. The molecule has 2 unspecified atom stereocenters. The largest absolute Gasteiger partial charge is 0.310 e. The van der Waals surface area contributed by atoms with Crippen LogP contribution in [0.5, 0.6) is 0 Å². The molecular formula is C80H56N6. The molecule has 0 saturated heterocycles. The van der Waals surface area contributed by atoms with Crippen LogP contribution in [0.1, 0.15) is 45.2 Å². The monoisotopic (exact) mass is 1100 g/mol. The summed E-state index contributed by atoms with van der Waals surface area (Å²) in [5.74, 6) is -0.295. The highest BCUT2D eigenvalue weighted by Gasteiger charge is 2.47. The van der Waals surface area contributed by atoms with E-state index in [0.29, 0.717) is 0 Å². The first-order chi connectivity index (χ1) is 42.7. The molecule has 4 aliphatic rings. The van der Waals surface area contributed by atoms with E-state index in [1.807, 2.05) is 0 Å². The van der Waals surface area contributed by atoms with Crippen molar-refractivity contribution in [2.75, 3.05) is 29.4 Å². The fourth-order valence-corrected chi connectivity index (χ4v) is 14.2. The van der Waals surface area contributed by atoms with E-state index in [9.17, 15) is 0 Å². The molecule has 4 aliphatic heterocycles. The molecule has 406 valence electrons. The average Bonchev–Trinajstić information content (AvgIpc) is 0.707. The number of anilines is 18. The summed E-state index contributed by atoms with van der Waals surface area (Å²) in [4.78, 5) is 15.0. The van der Waals surface area contributed by atoms with E-state index < -0.39 is 0 Å². The quantitative estimate of drug-likeness (QED) is 0.135. The highest BCUT2D eigenvalue weighted by Crippen LogP contribution is 2.67. The molecule has 86 heavy (non-hydrogen) atoms. The van der Waals surface area contributed by atoms with Gasteiger partial charge in [0, 0.05) is 68.5 Å². The molecular weight excluding hydrogens is 1040 g/mol. The highest BCUT2D eigenvalue weighted by atomic mass is 15.2. The number of nitrogens with zero attached hydrogens (tertiary/aromatic N) is 6. The summed E-state index contributed by atoms with van der Waals surface area (Å²) in [5.41, 5.74) is 27.5. The number of hydrogen-bond acceptors (Lipinski definition) is 6. The minimum atomic E-state index is -0.147. The van der Waals surface area contributed by atoms with E-state index in [1.54, 1.807) is 0 Å². The van der Waals surface area contributed by atoms with Crippen molar-refractivity contribution in [1.29, 1.82) is 0 Å². The van der Waals surface area contributed by atoms with Gasteiger partial charge in [-0.2, -0.15) is 0 Å². The van der Waals surface area contributed by atoms with E-state index in [4.69, 9.17) is 0 Å². The molecule has 17 rings (SSSR count). The van der Waals surface area contributed by atoms with Gasteiger partial charge in [0.15, 0.2) is 0 Å². The van der Waals surface area contributed by atoms with Gasteiger partial charge in [0.2, 0.25) is 0 Å². The van der Waals surface area contributed by atoms with Gasteiger partial charge in [-0.15, -0.1) is 0 Å². The number of fused-ring (bicyclic) bond motifs is 8. The van der Waals surface area contributed by atoms with Crippen molar-refractivity contribution in [2.24, 2.45) is 0 Å². The first kappa shape index (κ1) is 49.3. The average molecular weight is 1100 g/mol. The van der Waals surface area contributed by atoms with Crippen LogP contribution in [0, 0.1) is 0 Å². The van der Waals surface area contributed by atoms with Crippen LogP contribution in [0.15, 0.2) is 328 Å². The molecule has 0 N–H and O–H groups in total. The summed E-state index contributed by atoms with van der Waals surface area (Å²) in [5, 5.41) is 0. The van der Waals surface area contributed by atoms with Crippen molar-refractivity contribution in [3.63, 3.8) is 0 Å². The molecule has 0 fully saturated rings. The van der Waals surface area contributed by atoms with Crippen molar-refractivity contribution in [3.8, 4) is 0 Å². The summed E-state index contributed by atoms with van der Waals surface area (Å²) >= 11 is 0. The molecule has 13 aromatic carbocycles. The van der Waals surface area contributed by atoms with Crippen LogP contribution in [0.2, 0.25) is 0 Å². The van der Waals surface area contributed by atoms with Crippen LogP contribution in [0.4, 0.5) is 102 Å². The molecule has 13 aromatic rings. The summed E-state index contributed by atoms with van der Waals surface area (Å²) in [6.45, 7) is 0. The molecule has 2 atom stereocenters. The molecule has 6 heteroatoms. The Morgan fingerprint density at radius 2 is 0.430 bits per heavy atom. The minimum Gasteiger partial charge on any atom is -0.310 e. The predicted octanol–water partition coefficient (Wildman–Crippen LogP) is 22.1. The van der Waals surface area contributed by atoms with E-state index >= 15 is 0 Å². The standard InChI is InChI=1S/C80H56N6/c1-9-29-55(30-10-1)81(56-31-11-2-12-32-56)63-49-73-79-75(51-63)85(61-41-21-7-22-42-61)71-54-72-68(53-67(71)77(79)65-45-25-27-47-69(65)83(73)59-37-17-5-18-38-59)78-66-46-26-28-48-70(66)84(60-39-19-6-20-40-60)74-50-64(52-76(80(74)78)86(72)62-43-23-8-24-44-62)82(57-33-13-3-14-34-57)58-35-15-4-16-36-58/h1-54,77-78H. The van der Waals surface area contributed by atoms with Gasteiger partial charge >= 0.3 is 0 Å². The first-order valence-corrected chi connectivity index (χ1v) is 29.7. The van der Waals surface area contributed by atoms with Gasteiger partial charge in [-0.25, -0.2) is 0 Å². The Labute approximate surface area is 501 Å². The van der Waals surface area contributed by atoms with Crippen LogP contribution < -0.4 is 29.4 Å². The first-order valence-electron chi connectivity index (χ1n) is 29.7. The Bertz CT molecular complexity index is 4290. The van der Waals surface area contributed by atoms with Gasteiger partial charge in [-0.3, -0.25) is 0 Å². The van der Waals surface area contributed by atoms with Gasteiger partial charge in [-0.05, 0) is 168 Å². The summed E-state index contributed by atoms with van der Waals surface area (Å²) in [7, 11) is 0. The van der Waals surface area contributed by atoms with Crippen LogP contribution in [0.3, 0.4) is 0 Å². The summed E-state index contributed by atoms with van der Waals surface area (Å²) in [6, 6.07) is 120. The van der Waals surface area contributed by atoms with Gasteiger partial charge < -0.3 is 29.4 Å². The van der Waals surface area contributed by atoms with Crippen LogP contribution in [0.25, 0.3) is 0 Å². The van der Waals surface area contributed by atoms with E-state index in [-0.39, 0.29) is 11.8 Å². The van der Waals surface area contributed by atoms with Crippen molar-refractivity contribution in [1.82, 2.24) is 0 Å². The zero-order valence-electron chi connectivity index (χ0n) is 47.0. The molecule has 0 radical (unpaired) electrons. The van der Waals surface area contributed by atoms with Crippen molar-refractivity contribution in [2.45, 2.75) is 11.8 Å². The van der Waals surface area contributed by atoms with Crippen LogP contribution >= 0.6 is 0 Å². The third-order valence-electron chi connectivity index (χ3n) is 17.7. The maximum absolute atomic E-state index is 2.62.